The van der Waals surface area contributed by atoms with Crippen LogP contribution >= 0.6 is 0 Å². The van der Waals surface area contributed by atoms with Crippen molar-refractivity contribution in [3.63, 3.8) is 0 Å². The number of hydrogen-bond acceptors (Lipinski definition) is 3. The molecule has 3 atom stereocenters. The molecule has 0 N–H and O–H groups in total. The van der Waals surface area contributed by atoms with Crippen LogP contribution in [-0.4, -0.2) is 23.8 Å². The fourth-order valence-electron chi connectivity index (χ4n) is 4.96. The Bertz CT molecular complexity index is 840. The fraction of sp³-hybridized carbons (Fsp3) is 0.522. The van der Waals surface area contributed by atoms with Gasteiger partial charge in [0.25, 0.3) is 0 Å². The summed E-state index contributed by atoms with van der Waals surface area (Å²) in [6.45, 7) is 2.56. The van der Waals surface area contributed by atoms with E-state index in [1.54, 1.807) is 0 Å². The van der Waals surface area contributed by atoms with Crippen molar-refractivity contribution in [2.75, 3.05) is 13.2 Å². The van der Waals surface area contributed by atoms with Crippen molar-refractivity contribution in [1.29, 1.82) is 0 Å². The van der Waals surface area contributed by atoms with Crippen LogP contribution in [0.2, 0.25) is 0 Å². The van der Waals surface area contributed by atoms with E-state index in [-0.39, 0.29) is 17.4 Å². The second kappa shape index (κ2) is 7.98. The SMILES string of the molecule is CCOc1ncc(C(F)(F)F)cc1[C@@H]1CO[C@]2(CCCC[C@H]2c2ccccc2)C1. The lowest BCUT2D eigenvalue weighted by atomic mass is 9.69. The Morgan fingerprint density at radius 3 is 2.72 bits per heavy atom. The van der Waals surface area contributed by atoms with E-state index >= 15 is 0 Å². The molecule has 1 saturated heterocycles. The molecule has 156 valence electrons. The summed E-state index contributed by atoms with van der Waals surface area (Å²) in [6.07, 6.45) is 1.30. The number of aromatic nitrogens is 1. The molecule has 3 nitrogen and oxygen atoms in total. The average molecular weight is 405 g/mol. The zero-order chi connectivity index (χ0) is 20.5. The molecular formula is C23H26F3NO2. The molecule has 1 saturated carbocycles. The average Bonchev–Trinajstić information content (AvgIpc) is 3.13. The second-order valence-corrected chi connectivity index (χ2v) is 8.04. The quantitative estimate of drug-likeness (QED) is 0.616. The van der Waals surface area contributed by atoms with Crippen LogP contribution in [0.5, 0.6) is 5.88 Å². The van der Waals surface area contributed by atoms with Gasteiger partial charge < -0.3 is 9.47 Å². The van der Waals surface area contributed by atoms with Crippen LogP contribution in [0.3, 0.4) is 0 Å². The minimum absolute atomic E-state index is 0.157. The first kappa shape index (κ1) is 20.2. The van der Waals surface area contributed by atoms with Gasteiger partial charge in [-0.2, -0.15) is 13.2 Å². The Labute approximate surface area is 169 Å². The predicted molar refractivity (Wildman–Crippen MR) is 104 cm³/mol. The fourth-order valence-corrected chi connectivity index (χ4v) is 4.96. The van der Waals surface area contributed by atoms with Crippen molar-refractivity contribution in [2.45, 2.75) is 62.6 Å². The van der Waals surface area contributed by atoms with Gasteiger partial charge in [-0.1, -0.05) is 43.2 Å². The number of benzene rings is 1. The van der Waals surface area contributed by atoms with Crippen molar-refractivity contribution in [2.24, 2.45) is 0 Å². The van der Waals surface area contributed by atoms with Crippen LogP contribution in [0, 0.1) is 0 Å². The minimum Gasteiger partial charge on any atom is -0.478 e. The zero-order valence-corrected chi connectivity index (χ0v) is 16.5. The van der Waals surface area contributed by atoms with Gasteiger partial charge in [-0.05, 0) is 37.8 Å². The molecule has 0 amide bonds. The van der Waals surface area contributed by atoms with Crippen molar-refractivity contribution in [3.05, 3.63) is 59.3 Å². The standard InChI is InChI=1S/C23H26F3NO2/c1-2-28-21-19(12-18(14-27-21)23(24,25)26)17-13-22(29-15-17)11-7-6-10-20(22)16-8-4-3-5-9-16/h3-5,8-9,12,14,17,20H,2,6-7,10-11,13,15H2,1H3/t17-,20-,22+/m0/s1. The van der Waals surface area contributed by atoms with Gasteiger partial charge in [0.15, 0.2) is 0 Å². The number of hydrogen-bond donors (Lipinski definition) is 0. The summed E-state index contributed by atoms with van der Waals surface area (Å²) < 4.78 is 51.9. The molecule has 1 aromatic carbocycles. The highest BCUT2D eigenvalue weighted by Crippen LogP contribution is 2.53. The lowest BCUT2D eigenvalue weighted by Gasteiger charge is -2.41. The van der Waals surface area contributed by atoms with Gasteiger partial charge >= 0.3 is 6.18 Å². The van der Waals surface area contributed by atoms with E-state index in [0.717, 1.165) is 31.9 Å². The van der Waals surface area contributed by atoms with E-state index in [2.05, 4.69) is 17.1 Å². The molecule has 2 aliphatic rings. The Kier molecular flexibility index (Phi) is 5.56. The number of halogens is 3. The third-order valence-electron chi connectivity index (χ3n) is 6.27. The largest absolute Gasteiger partial charge is 0.478 e. The molecule has 0 radical (unpaired) electrons. The molecule has 0 bridgehead atoms. The van der Waals surface area contributed by atoms with E-state index in [4.69, 9.17) is 9.47 Å². The van der Waals surface area contributed by atoms with Gasteiger partial charge in [0.2, 0.25) is 5.88 Å². The number of nitrogens with zero attached hydrogens (tertiary/aromatic N) is 1. The zero-order valence-electron chi connectivity index (χ0n) is 16.5. The van der Waals surface area contributed by atoms with Crippen LogP contribution in [0.25, 0.3) is 0 Å². The van der Waals surface area contributed by atoms with Gasteiger partial charge in [0.1, 0.15) is 0 Å². The molecule has 2 heterocycles. The van der Waals surface area contributed by atoms with Crippen molar-refractivity contribution < 1.29 is 22.6 Å². The Balaban J connectivity index is 1.66. The normalized spacial score (nSPS) is 27.3. The molecule has 1 spiro atoms. The molecule has 1 aromatic heterocycles. The number of alkyl halides is 3. The maximum atomic E-state index is 13.3. The van der Waals surface area contributed by atoms with Gasteiger partial charge in [-0.25, -0.2) is 4.98 Å². The Morgan fingerprint density at radius 2 is 2.00 bits per heavy atom. The van der Waals surface area contributed by atoms with Crippen molar-refractivity contribution in [1.82, 2.24) is 4.98 Å². The highest BCUT2D eigenvalue weighted by molar-refractivity contribution is 5.36. The molecule has 0 unspecified atom stereocenters. The minimum atomic E-state index is -4.43. The molecule has 2 fully saturated rings. The van der Waals surface area contributed by atoms with Crippen LogP contribution in [0.4, 0.5) is 13.2 Å². The summed E-state index contributed by atoms with van der Waals surface area (Å²) in [6, 6.07) is 11.5. The molecule has 1 aliphatic carbocycles. The van der Waals surface area contributed by atoms with Crippen LogP contribution < -0.4 is 4.74 Å². The number of rotatable bonds is 4. The summed E-state index contributed by atoms with van der Waals surface area (Å²) in [5.74, 6) is 0.394. The predicted octanol–water partition coefficient (Wildman–Crippen LogP) is 6.10. The topological polar surface area (TPSA) is 31.4 Å². The maximum Gasteiger partial charge on any atom is 0.417 e. The van der Waals surface area contributed by atoms with Gasteiger partial charge in [-0.3, -0.25) is 0 Å². The van der Waals surface area contributed by atoms with Crippen LogP contribution in [0.1, 0.15) is 67.6 Å². The Hall–Kier alpha value is -2.08. The molecule has 4 rings (SSSR count). The van der Waals surface area contributed by atoms with Crippen LogP contribution in [0.15, 0.2) is 42.6 Å². The lowest BCUT2D eigenvalue weighted by Crippen LogP contribution is -2.38. The summed E-state index contributed by atoms with van der Waals surface area (Å²) in [5.41, 5.74) is 0.693. The van der Waals surface area contributed by atoms with E-state index in [1.807, 2.05) is 25.1 Å². The maximum absolute atomic E-state index is 13.3. The summed E-state index contributed by atoms with van der Waals surface area (Å²) in [4.78, 5) is 3.99. The van der Waals surface area contributed by atoms with Crippen LogP contribution in [-0.2, 0) is 10.9 Å². The van der Waals surface area contributed by atoms with E-state index in [9.17, 15) is 13.2 Å². The van der Waals surface area contributed by atoms with Gasteiger partial charge in [0.05, 0.1) is 24.4 Å². The monoisotopic (exact) mass is 405 g/mol. The third kappa shape index (κ3) is 4.00. The second-order valence-electron chi connectivity index (χ2n) is 8.04. The highest BCUT2D eigenvalue weighted by Gasteiger charge is 2.49. The van der Waals surface area contributed by atoms with Crippen molar-refractivity contribution in [3.8, 4) is 5.88 Å². The van der Waals surface area contributed by atoms with E-state index in [0.29, 0.717) is 31.1 Å². The number of ether oxygens (including phenoxy) is 2. The molecule has 1 aliphatic heterocycles. The van der Waals surface area contributed by atoms with Gasteiger partial charge in [-0.15, -0.1) is 0 Å². The molecule has 6 heteroatoms. The summed E-state index contributed by atoms with van der Waals surface area (Å²) in [5, 5.41) is 0. The summed E-state index contributed by atoms with van der Waals surface area (Å²) in [7, 11) is 0. The van der Waals surface area contributed by atoms with Crippen molar-refractivity contribution >= 4 is 0 Å². The third-order valence-corrected chi connectivity index (χ3v) is 6.27. The van der Waals surface area contributed by atoms with E-state index in [1.165, 1.54) is 11.6 Å². The first-order valence-corrected chi connectivity index (χ1v) is 10.3. The van der Waals surface area contributed by atoms with Gasteiger partial charge in [0, 0.05) is 23.6 Å². The smallest absolute Gasteiger partial charge is 0.417 e. The highest BCUT2D eigenvalue weighted by atomic mass is 19.4. The molecule has 29 heavy (non-hydrogen) atoms. The van der Waals surface area contributed by atoms with E-state index < -0.39 is 11.7 Å². The molecular weight excluding hydrogens is 379 g/mol. The number of pyridine rings is 1. The molecule has 2 aromatic rings. The summed E-state index contributed by atoms with van der Waals surface area (Å²) >= 11 is 0. The first-order valence-electron chi connectivity index (χ1n) is 10.3. The first-order chi connectivity index (χ1) is 13.9. The Morgan fingerprint density at radius 1 is 1.21 bits per heavy atom. The lowest BCUT2D eigenvalue weighted by molar-refractivity contribution is -0.137.